The monoisotopic (exact) mass is 371 g/mol. The minimum absolute atomic E-state index is 0.382. The molecule has 0 amide bonds. The normalized spacial score (nSPS) is 16.9. The van der Waals surface area contributed by atoms with Crippen molar-refractivity contribution in [2.24, 2.45) is 0 Å². The molecule has 5 heteroatoms. The second-order valence-electron chi connectivity index (χ2n) is 7.63. The molecule has 150 valence electrons. The molecule has 1 aliphatic heterocycles. The zero-order chi connectivity index (χ0) is 19.1. The Hall–Kier alpha value is -1.59. The SMILES string of the molecule is CCC(Nc1nn(CCCN(CC)CC)c2ccccc12)N1CCCCC1. The van der Waals surface area contributed by atoms with Crippen molar-refractivity contribution >= 4 is 16.7 Å². The Morgan fingerprint density at radius 2 is 1.81 bits per heavy atom. The van der Waals surface area contributed by atoms with E-state index in [0.29, 0.717) is 6.17 Å². The third-order valence-corrected chi connectivity index (χ3v) is 5.92. The van der Waals surface area contributed by atoms with Gasteiger partial charge in [-0.15, -0.1) is 0 Å². The lowest BCUT2D eigenvalue weighted by Crippen LogP contribution is -2.43. The van der Waals surface area contributed by atoms with Crippen molar-refractivity contribution in [1.82, 2.24) is 19.6 Å². The van der Waals surface area contributed by atoms with Crippen LogP contribution in [0.1, 0.15) is 52.9 Å². The highest BCUT2D eigenvalue weighted by Crippen LogP contribution is 2.25. The van der Waals surface area contributed by atoms with Crippen LogP contribution in [-0.2, 0) is 6.54 Å². The molecule has 1 saturated heterocycles. The number of hydrogen-bond donors (Lipinski definition) is 1. The molecular formula is C22H37N5. The van der Waals surface area contributed by atoms with Crippen molar-refractivity contribution in [2.45, 2.75) is 65.6 Å². The van der Waals surface area contributed by atoms with Gasteiger partial charge in [0.05, 0.1) is 11.7 Å². The van der Waals surface area contributed by atoms with E-state index in [1.54, 1.807) is 0 Å². The van der Waals surface area contributed by atoms with Gasteiger partial charge in [-0.05, 0) is 57.5 Å². The number of anilines is 1. The van der Waals surface area contributed by atoms with E-state index in [1.165, 1.54) is 43.3 Å². The molecule has 2 aromatic rings. The van der Waals surface area contributed by atoms with E-state index >= 15 is 0 Å². The molecule has 0 bridgehead atoms. The number of aromatic nitrogens is 2. The van der Waals surface area contributed by atoms with E-state index in [-0.39, 0.29) is 0 Å². The highest BCUT2D eigenvalue weighted by Gasteiger charge is 2.21. The summed E-state index contributed by atoms with van der Waals surface area (Å²) >= 11 is 0. The molecule has 3 rings (SSSR count). The molecule has 1 fully saturated rings. The van der Waals surface area contributed by atoms with Crippen LogP contribution in [-0.4, -0.2) is 58.5 Å². The average Bonchev–Trinajstić information content (AvgIpc) is 3.07. The van der Waals surface area contributed by atoms with Crippen LogP contribution in [0.15, 0.2) is 24.3 Å². The van der Waals surface area contributed by atoms with Crippen molar-refractivity contribution in [3.05, 3.63) is 24.3 Å². The zero-order valence-corrected chi connectivity index (χ0v) is 17.5. The van der Waals surface area contributed by atoms with Crippen molar-refractivity contribution < 1.29 is 0 Å². The number of nitrogens with one attached hydrogen (secondary N) is 1. The molecule has 1 aromatic heterocycles. The first-order chi connectivity index (χ1) is 13.3. The Bertz CT molecular complexity index is 685. The third-order valence-electron chi connectivity index (χ3n) is 5.92. The van der Waals surface area contributed by atoms with E-state index in [0.717, 1.165) is 44.8 Å². The maximum absolute atomic E-state index is 4.98. The zero-order valence-electron chi connectivity index (χ0n) is 17.5. The predicted molar refractivity (Wildman–Crippen MR) is 115 cm³/mol. The van der Waals surface area contributed by atoms with Gasteiger partial charge in [0.2, 0.25) is 0 Å². The van der Waals surface area contributed by atoms with E-state index < -0.39 is 0 Å². The third kappa shape index (κ3) is 5.02. The van der Waals surface area contributed by atoms with Crippen LogP contribution in [0.5, 0.6) is 0 Å². The summed E-state index contributed by atoms with van der Waals surface area (Å²) in [6.07, 6.45) is 6.63. The highest BCUT2D eigenvalue weighted by molar-refractivity contribution is 5.90. The molecular weight excluding hydrogens is 334 g/mol. The Morgan fingerprint density at radius 3 is 2.52 bits per heavy atom. The van der Waals surface area contributed by atoms with Gasteiger partial charge < -0.3 is 10.2 Å². The van der Waals surface area contributed by atoms with Crippen LogP contribution in [0.25, 0.3) is 10.9 Å². The minimum Gasteiger partial charge on any atom is -0.353 e. The largest absolute Gasteiger partial charge is 0.353 e. The molecule has 2 heterocycles. The second-order valence-corrected chi connectivity index (χ2v) is 7.63. The van der Waals surface area contributed by atoms with E-state index in [2.05, 4.69) is 64.8 Å². The molecule has 1 aromatic carbocycles. The molecule has 1 aliphatic rings. The second kappa shape index (κ2) is 10.1. The van der Waals surface area contributed by atoms with Gasteiger partial charge in [0.25, 0.3) is 0 Å². The highest BCUT2D eigenvalue weighted by atomic mass is 15.4. The summed E-state index contributed by atoms with van der Waals surface area (Å²) in [7, 11) is 0. The molecule has 27 heavy (non-hydrogen) atoms. The number of benzene rings is 1. The lowest BCUT2D eigenvalue weighted by molar-refractivity contribution is 0.175. The number of fused-ring (bicyclic) bond motifs is 1. The summed E-state index contributed by atoms with van der Waals surface area (Å²) < 4.78 is 2.20. The number of nitrogens with zero attached hydrogens (tertiary/aromatic N) is 4. The number of rotatable bonds is 10. The molecule has 1 atom stereocenters. The van der Waals surface area contributed by atoms with Gasteiger partial charge in [-0.2, -0.15) is 5.10 Å². The number of piperidine rings is 1. The average molecular weight is 372 g/mol. The van der Waals surface area contributed by atoms with Gasteiger partial charge in [0.15, 0.2) is 5.82 Å². The Balaban J connectivity index is 1.73. The van der Waals surface area contributed by atoms with Gasteiger partial charge in [0.1, 0.15) is 0 Å². The molecule has 0 aliphatic carbocycles. The van der Waals surface area contributed by atoms with Crippen LogP contribution in [0.3, 0.4) is 0 Å². The molecule has 1 unspecified atom stereocenters. The van der Waals surface area contributed by atoms with Crippen LogP contribution in [0.4, 0.5) is 5.82 Å². The topological polar surface area (TPSA) is 36.3 Å². The smallest absolute Gasteiger partial charge is 0.157 e. The lowest BCUT2D eigenvalue weighted by atomic mass is 10.1. The quantitative estimate of drug-likeness (QED) is 0.671. The molecule has 0 spiro atoms. The van der Waals surface area contributed by atoms with Gasteiger partial charge in [-0.1, -0.05) is 39.3 Å². The fourth-order valence-electron chi connectivity index (χ4n) is 4.23. The summed E-state index contributed by atoms with van der Waals surface area (Å²) in [5.74, 6) is 1.05. The van der Waals surface area contributed by atoms with Gasteiger partial charge in [0, 0.05) is 25.0 Å². The van der Waals surface area contributed by atoms with E-state index in [9.17, 15) is 0 Å². The van der Waals surface area contributed by atoms with Crippen LogP contribution >= 0.6 is 0 Å². The van der Waals surface area contributed by atoms with Gasteiger partial charge in [-0.3, -0.25) is 9.58 Å². The fraction of sp³-hybridized carbons (Fsp3) is 0.682. The maximum Gasteiger partial charge on any atom is 0.157 e. The van der Waals surface area contributed by atoms with Crippen molar-refractivity contribution in [3.8, 4) is 0 Å². The fourth-order valence-corrected chi connectivity index (χ4v) is 4.23. The lowest BCUT2D eigenvalue weighted by Gasteiger charge is -2.34. The predicted octanol–water partition coefficient (Wildman–Crippen LogP) is 4.40. The number of para-hydroxylation sites is 1. The minimum atomic E-state index is 0.382. The van der Waals surface area contributed by atoms with Gasteiger partial charge in [-0.25, -0.2) is 0 Å². The van der Waals surface area contributed by atoms with Crippen molar-refractivity contribution in [3.63, 3.8) is 0 Å². The first kappa shape index (κ1) is 20.2. The summed E-state index contributed by atoms with van der Waals surface area (Å²) in [5.41, 5.74) is 1.24. The molecule has 0 saturated carbocycles. The standard InChI is InChI=1S/C22H37N5/c1-4-21(26-16-10-7-11-17-26)23-22-19-13-8-9-14-20(19)27(24-22)18-12-15-25(5-2)6-3/h8-9,13-14,21H,4-7,10-12,15-18H2,1-3H3,(H,23,24). The molecule has 0 radical (unpaired) electrons. The number of likely N-dealkylation sites (tertiary alicyclic amines) is 1. The first-order valence-corrected chi connectivity index (χ1v) is 10.9. The summed E-state index contributed by atoms with van der Waals surface area (Å²) in [6.45, 7) is 13.5. The molecule has 1 N–H and O–H groups in total. The van der Waals surface area contributed by atoms with Crippen molar-refractivity contribution in [2.75, 3.05) is 38.0 Å². The molecule has 5 nitrogen and oxygen atoms in total. The Labute approximate surface area is 164 Å². The number of hydrogen-bond acceptors (Lipinski definition) is 4. The Morgan fingerprint density at radius 1 is 1.07 bits per heavy atom. The van der Waals surface area contributed by atoms with E-state index in [1.807, 2.05) is 0 Å². The van der Waals surface area contributed by atoms with Gasteiger partial charge >= 0.3 is 0 Å². The van der Waals surface area contributed by atoms with Crippen molar-refractivity contribution in [1.29, 1.82) is 0 Å². The number of aryl methyl sites for hydroxylation is 1. The maximum atomic E-state index is 4.98. The van der Waals surface area contributed by atoms with Crippen LogP contribution in [0.2, 0.25) is 0 Å². The van der Waals surface area contributed by atoms with Crippen LogP contribution < -0.4 is 5.32 Å². The Kier molecular flexibility index (Phi) is 7.53. The first-order valence-electron chi connectivity index (χ1n) is 10.9. The van der Waals surface area contributed by atoms with E-state index in [4.69, 9.17) is 5.10 Å². The van der Waals surface area contributed by atoms with Crippen LogP contribution in [0, 0.1) is 0 Å². The summed E-state index contributed by atoms with van der Waals surface area (Å²) in [6, 6.07) is 8.65. The summed E-state index contributed by atoms with van der Waals surface area (Å²) in [5, 5.41) is 9.99. The summed E-state index contributed by atoms with van der Waals surface area (Å²) in [4.78, 5) is 5.08.